The van der Waals surface area contributed by atoms with Crippen LogP contribution in [0.15, 0.2) is 45.6 Å². The van der Waals surface area contributed by atoms with Crippen LogP contribution < -0.4 is 15.1 Å². The molecule has 0 fully saturated rings. The highest BCUT2D eigenvalue weighted by Gasteiger charge is 2.21. The molecule has 6 nitrogen and oxygen atoms in total. The molecule has 3 rings (SSSR count). The van der Waals surface area contributed by atoms with Crippen LogP contribution in [0.4, 0.5) is 0 Å². The van der Waals surface area contributed by atoms with Crippen LogP contribution in [0, 0.1) is 0 Å². The zero-order valence-electron chi connectivity index (χ0n) is 13.7. The molecule has 0 aliphatic rings. The first-order chi connectivity index (χ1) is 12.4. The van der Waals surface area contributed by atoms with Crippen LogP contribution in [0.2, 0.25) is 10.0 Å². The highest BCUT2D eigenvalue weighted by atomic mass is 35.5. The number of fused-ring (bicyclic) bond motifs is 1. The van der Waals surface area contributed by atoms with Crippen molar-refractivity contribution in [1.29, 1.82) is 0 Å². The molecule has 0 saturated heterocycles. The maximum atomic E-state index is 12.4. The van der Waals surface area contributed by atoms with Crippen molar-refractivity contribution in [2.45, 2.75) is 6.92 Å². The minimum absolute atomic E-state index is 0.0243. The summed E-state index contributed by atoms with van der Waals surface area (Å²) in [5.74, 6) is -0.369. The second-order valence-corrected chi connectivity index (χ2v) is 6.02. The van der Waals surface area contributed by atoms with Gasteiger partial charge in [-0.25, -0.2) is 4.79 Å². The number of hydrogen-bond acceptors (Lipinski definition) is 6. The molecule has 0 saturated carbocycles. The van der Waals surface area contributed by atoms with Crippen molar-refractivity contribution in [2.75, 3.05) is 7.11 Å². The van der Waals surface area contributed by atoms with E-state index in [1.165, 1.54) is 26.2 Å². The minimum Gasteiger partial charge on any atom is -0.492 e. The second-order valence-electron chi connectivity index (χ2n) is 5.21. The predicted molar refractivity (Wildman–Crippen MR) is 96.9 cm³/mol. The maximum Gasteiger partial charge on any atom is 0.352 e. The number of benzene rings is 2. The first-order valence-electron chi connectivity index (χ1n) is 7.36. The van der Waals surface area contributed by atoms with Crippen molar-refractivity contribution in [3.05, 3.63) is 56.7 Å². The highest BCUT2D eigenvalue weighted by molar-refractivity contribution is 6.34. The summed E-state index contributed by atoms with van der Waals surface area (Å²) in [5, 5.41) is 0.796. The summed E-state index contributed by atoms with van der Waals surface area (Å²) in [6.45, 7) is 1.18. The summed E-state index contributed by atoms with van der Waals surface area (Å²) in [4.78, 5) is 32.9. The molecule has 0 bridgehead atoms. The van der Waals surface area contributed by atoms with Gasteiger partial charge >= 0.3 is 5.97 Å². The number of hydrogen-bond donors (Lipinski definition) is 0. The highest BCUT2D eigenvalue weighted by Crippen LogP contribution is 2.43. The lowest BCUT2D eigenvalue weighted by molar-refractivity contribution is -0.211. The Balaban J connectivity index is 2.22. The Morgan fingerprint density at radius 3 is 2.54 bits per heavy atom. The fraction of sp³-hybridized carbons (Fsp3) is 0.111. The molecule has 0 aliphatic carbocycles. The standard InChI is InChI=1S/C18H12Cl2O6/c1-9(21)25-26-18-13(20)7-6-11(17(18)23-2)15-8-14(22)10-4-3-5-12(19)16(10)24-15/h3-8H,1-2H3. The smallest absolute Gasteiger partial charge is 0.352 e. The molecule has 2 aromatic carbocycles. The fourth-order valence-corrected chi connectivity index (χ4v) is 2.78. The molecule has 0 radical (unpaired) electrons. The van der Waals surface area contributed by atoms with E-state index >= 15 is 0 Å². The van der Waals surface area contributed by atoms with E-state index in [1.54, 1.807) is 24.3 Å². The summed E-state index contributed by atoms with van der Waals surface area (Å²) in [6.07, 6.45) is 0. The van der Waals surface area contributed by atoms with Gasteiger partial charge in [0.25, 0.3) is 0 Å². The molecule has 1 heterocycles. The zero-order valence-corrected chi connectivity index (χ0v) is 15.2. The Morgan fingerprint density at radius 1 is 1.08 bits per heavy atom. The molecule has 8 heteroatoms. The molecule has 3 aromatic rings. The molecule has 0 spiro atoms. The SMILES string of the molecule is COc1c(-c2cc(=O)c3cccc(Cl)c3o2)ccc(Cl)c1OOC(C)=O. The number of para-hydroxylation sites is 1. The lowest BCUT2D eigenvalue weighted by Crippen LogP contribution is -2.05. The van der Waals surface area contributed by atoms with Gasteiger partial charge in [0.1, 0.15) is 5.76 Å². The van der Waals surface area contributed by atoms with Gasteiger partial charge in [-0.05, 0) is 24.3 Å². The van der Waals surface area contributed by atoms with Gasteiger partial charge in [0, 0.05) is 13.0 Å². The average Bonchev–Trinajstić information content (AvgIpc) is 2.61. The van der Waals surface area contributed by atoms with Crippen LogP contribution in [0.1, 0.15) is 6.92 Å². The number of methoxy groups -OCH3 is 1. The second kappa shape index (κ2) is 7.27. The van der Waals surface area contributed by atoms with Crippen LogP contribution in [0.5, 0.6) is 11.5 Å². The Hall–Kier alpha value is -2.70. The van der Waals surface area contributed by atoms with Gasteiger partial charge in [-0.2, -0.15) is 0 Å². The molecule has 0 amide bonds. The van der Waals surface area contributed by atoms with Crippen molar-refractivity contribution in [3.8, 4) is 22.8 Å². The Bertz CT molecular complexity index is 1060. The average molecular weight is 395 g/mol. The Labute approximate surface area is 157 Å². The number of halogens is 2. The topological polar surface area (TPSA) is 75.0 Å². The van der Waals surface area contributed by atoms with Crippen LogP contribution in [0.3, 0.4) is 0 Å². The Kier molecular flexibility index (Phi) is 5.06. The van der Waals surface area contributed by atoms with Gasteiger partial charge < -0.3 is 9.15 Å². The molecule has 134 valence electrons. The first-order valence-corrected chi connectivity index (χ1v) is 8.12. The van der Waals surface area contributed by atoms with Crippen LogP contribution in [-0.4, -0.2) is 13.1 Å². The van der Waals surface area contributed by atoms with Gasteiger partial charge in [-0.1, -0.05) is 29.3 Å². The molecular formula is C18H12Cl2O6. The molecule has 0 N–H and O–H groups in total. The predicted octanol–water partition coefficient (Wildman–Crippen LogP) is 4.63. The third-order valence-corrected chi connectivity index (χ3v) is 4.08. The summed E-state index contributed by atoms with van der Waals surface area (Å²) >= 11 is 12.2. The van der Waals surface area contributed by atoms with E-state index in [2.05, 4.69) is 4.89 Å². The molecule has 0 atom stereocenters. The lowest BCUT2D eigenvalue weighted by atomic mass is 10.1. The van der Waals surface area contributed by atoms with Crippen molar-refractivity contribution in [3.63, 3.8) is 0 Å². The summed E-state index contributed by atoms with van der Waals surface area (Å²) in [6, 6.07) is 9.28. The van der Waals surface area contributed by atoms with E-state index in [0.29, 0.717) is 16.0 Å². The number of ether oxygens (including phenoxy) is 1. The molecule has 26 heavy (non-hydrogen) atoms. The van der Waals surface area contributed by atoms with Crippen LogP contribution >= 0.6 is 23.2 Å². The number of rotatable bonds is 4. The van der Waals surface area contributed by atoms with Crippen LogP contribution in [0.25, 0.3) is 22.3 Å². The monoisotopic (exact) mass is 394 g/mol. The fourth-order valence-electron chi connectivity index (χ4n) is 2.39. The van der Waals surface area contributed by atoms with E-state index < -0.39 is 5.97 Å². The third kappa shape index (κ3) is 3.34. The Morgan fingerprint density at radius 2 is 1.85 bits per heavy atom. The maximum absolute atomic E-state index is 12.4. The van der Waals surface area contributed by atoms with Crippen molar-refractivity contribution in [1.82, 2.24) is 0 Å². The van der Waals surface area contributed by atoms with E-state index in [1.807, 2.05) is 0 Å². The summed E-state index contributed by atoms with van der Waals surface area (Å²) < 4.78 is 11.1. The van der Waals surface area contributed by atoms with Crippen molar-refractivity contribution >= 4 is 40.1 Å². The summed E-state index contributed by atoms with van der Waals surface area (Å²) in [7, 11) is 1.38. The minimum atomic E-state index is -0.669. The summed E-state index contributed by atoms with van der Waals surface area (Å²) in [5.41, 5.74) is 0.345. The zero-order chi connectivity index (χ0) is 18.8. The normalized spacial score (nSPS) is 10.6. The van der Waals surface area contributed by atoms with E-state index in [-0.39, 0.29) is 33.3 Å². The van der Waals surface area contributed by atoms with Gasteiger partial charge in [0.05, 0.1) is 28.1 Å². The molecule has 0 unspecified atom stereocenters. The lowest BCUT2D eigenvalue weighted by Gasteiger charge is -2.14. The third-order valence-electron chi connectivity index (χ3n) is 3.48. The molecule has 1 aromatic heterocycles. The van der Waals surface area contributed by atoms with E-state index in [4.69, 9.17) is 37.2 Å². The van der Waals surface area contributed by atoms with Gasteiger partial charge in [0.2, 0.25) is 5.75 Å². The van der Waals surface area contributed by atoms with Crippen molar-refractivity contribution < 1.29 is 23.7 Å². The quantitative estimate of drug-likeness (QED) is 0.474. The van der Waals surface area contributed by atoms with E-state index in [0.717, 1.165) is 0 Å². The van der Waals surface area contributed by atoms with Crippen LogP contribution in [-0.2, 0) is 9.68 Å². The van der Waals surface area contributed by atoms with Gasteiger partial charge in [-0.15, -0.1) is 0 Å². The van der Waals surface area contributed by atoms with Gasteiger partial charge in [-0.3, -0.25) is 14.6 Å². The first kappa shape index (κ1) is 18.1. The number of carbonyl (C=O) groups excluding carboxylic acids is 1. The molecule has 0 aliphatic heterocycles. The van der Waals surface area contributed by atoms with E-state index in [9.17, 15) is 9.59 Å². The van der Waals surface area contributed by atoms with Gasteiger partial charge in [0.15, 0.2) is 16.8 Å². The van der Waals surface area contributed by atoms with Crippen molar-refractivity contribution in [2.24, 2.45) is 0 Å². The number of carbonyl (C=O) groups is 1. The molecular weight excluding hydrogens is 383 g/mol. The largest absolute Gasteiger partial charge is 0.492 e.